The van der Waals surface area contributed by atoms with Crippen molar-refractivity contribution in [2.45, 2.75) is 65.3 Å². The number of anilines is 1. The summed E-state index contributed by atoms with van der Waals surface area (Å²) in [6.07, 6.45) is 6.22. The van der Waals surface area contributed by atoms with E-state index in [1.54, 1.807) is 7.11 Å². The van der Waals surface area contributed by atoms with Crippen molar-refractivity contribution in [2.24, 2.45) is 16.7 Å². The first-order chi connectivity index (χ1) is 15.7. The summed E-state index contributed by atoms with van der Waals surface area (Å²) in [4.78, 5) is 23.0. The van der Waals surface area contributed by atoms with E-state index in [0.717, 1.165) is 61.2 Å². The van der Waals surface area contributed by atoms with E-state index in [-0.39, 0.29) is 11.3 Å². The Kier molecular flexibility index (Phi) is 5.88. The third kappa shape index (κ3) is 4.75. The summed E-state index contributed by atoms with van der Waals surface area (Å²) in [5.74, 6) is 2.12. The van der Waals surface area contributed by atoms with Gasteiger partial charge in [0.1, 0.15) is 11.6 Å². The molecule has 0 spiro atoms. The molecule has 5 rings (SSSR count). The van der Waals surface area contributed by atoms with Gasteiger partial charge in [-0.15, -0.1) is 0 Å². The number of hydrogen-bond acceptors (Lipinski definition) is 6. The van der Waals surface area contributed by atoms with E-state index in [1.807, 2.05) is 18.2 Å². The zero-order valence-corrected chi connectivity index (χ0v) is 21.2. The third-order valence-electron chi connectivity index (χ3n) is 7.69. The van der Waals surface area contributed by atoms with Crippen molar-refractivity contribution in [3.8, 4) is 5.75 Å². The number of carbonyl (C=O) groups excluding carboxylic acids is 1. The van der Waals surface area contributed by atoms with Crippen LogP contribution in [0, 0.1) is 16.7 Å². The van der Waals surface area contributed by atoms with E-state index in [0.29, 0.717) is 23.8 Å². The highest BCUT2D eigenvalue weighted by Gasteiger charge is 2.51. The Hall–Kier alpha value is -2.15. The van der Waals surface area contributed by atoms with Crippen molar-refractivity contribution < 1.29 is 9.53 Å². The summed E-state index contributed by atoms with van der Waals surface area (Å²) in [6, 6.07) is 8.47. The van der Waals surface area contributed by atoms with E-state index in [9.17, 15) is 4.79 Å². The molecule has 178 valence electrons. The number of ether oxygens (including phenoxy) is 1. The molecular weight excluding hydrogens is 432 g/mol. The van der Waals surface area contributed by atoms with Gasteiger partial charge in [-0.3, -0.25) is 4.79 Å². The molecule has 0 radical (unpaired) electrons. The Morgan fingerprint density at radius 3 is 2.94 bits per heavy atom. The van der Waals surface area contributed by atoms with Crippen molar-refractivity contribution in [2.75, 3.05) is 31.6 Å². The maximum Gasteiger partial charge on any atom is 0.227 e. The number of carbonyl (C=O) groups is 1. The maximum absolute atomic E-state index is 13.6. The smallest absolute Gasteiger partial charge is 0.227 e. The molecule has 1 saturated carbocycles. The molecule has 3 atom stereocenters. The summed E-state index contributed by atoms with van der Waals surface area (Å²) in [5.41, 5.74) is 1.75. The number of aromatic nitrogens is 2. The largest absolute Gasteiger partial charge is 0.497 e. The highest BCUT2D eigenvalue weighted by Crippen LogP contribution is 2.52. The zero-order chi connectivity index (χ0) is 23.2. The van der Waals surface area contributed by atoms with Gasteiger partial charge in [0.05, 0.1) is 13.0 Å². The van der Waals surface area contributed by atoms with Crippen LogP contribution in [0.2, 0.25) is 0 Å². The van der Waals surface area contributed by atoms with Gasteiger partial charge >= 0.3 is 0 Å². The molecule has 2 aliphatic heterocycles. The van der Waals surface area contributed by atoms with E-state index in [4.69, 9.17) is 9.72 Å². The van der Waals surface area contributed by atoms with Crippen LogP contribution in [0.3, 0.4) is 0 Å². The van der Waals surface area contributed by atoms with Crippen molar-refractivity contribution in [1.29, 1.82) is 0 Å². The Labute approximate surface area is 201 Å². The van der Waals surface area contributed by atoms with Crippen LogP contribution in [0.25, 0.3) is 0 Å². The topological polar surface area (TPSA) is 58.6 Å². The Balaban J connectivity index is 1.25. The lowest BCUT2D eigenvalue weighted by Crippen LogP contribution is -2.47. The van der Waals surface area contributed by atoms with Gasteiger partial charge in [-0.25, -0.2) is 4.98 Å². The molecule has 33 heavy (non-hydrogen) atoms. The van der Waals surface area contributed by atoms with E-state index < -0.39 is 0 Å². The molecule has 1 aromatic carbocycles. The quantitative estimate of drug-likeness (QED) is 0.632. The molecule has 2 saturated heterocycles. The SMILES string of the molecule is COc1cccc(Cc2nsc(N3CCCC(C(=O)N4CC5(C)CC4CC(C)(C)C5)C3)n2)c1. The number of nitrogens with zero attached hydrogens (tertiary/aromatic N) is 4. The third-order valence-corrected chi connectivity index (χ3v) is 8.51. The molecular formula is C26H36N4O2S. The normalized spacial score (nSPS) is 28.7. The molecule has 1 aromatic heterocycles. The molecule has 3 fully saturated rings. The minimum Gasteiger partial charge on any atom is -0.497 e. The molecule has 3 aliphatic rings. The number of piperidine rings is 1. The fourth-order valence-electron chi connectivity index (χ4n) is 6.71. The summed E-state index contributed by atoms with van der Waals surface area (Å²) < 4.78 is 9.94. The van der Waals surface area contributed by atoms with Gasteiger partial charge in [-0.1, -0.05) is 32.9 Å². The Morgan fingerprint density at radius 1 is 1.27 bits per heavy atom. The van der Waals surface area contributed by atoms with E-state index in [1.165, 1.54) is 24.4 Å². The molecule has 1 amide bonds. The Bertz CT molecular complexity index is 1020. The van der Waals surface area contributed by atoms with Gasteiger partial charge in [0, 0.05) is 43.6 Å². The summed E-state index contributed by atoms with van der Waals surface area (Å²) in [5, 5.41) is 0.943. The summed E-state index contributed by atoms with van der Waals surface area (Å²) >= 11 is 1.45. The van der Waals surface area contributed by atoms with Gasteiger partial charge in [0.2, 0.25) is 11.0 Å². The predicted molar refractivity (Wildman–Crippen MR) is 132 cm³/mol. The van der Waals surface area contributed by atoms with Crippen LogP contribution in [0.4, 0.5) is 5.13 Å². The zero-order valence-electron chi connectivity index (χ0n) is 20.3. The number of likely N-dealkylation sites (tertiary alicyclic amines) is 1. The van der Waals surface area contributed by atoms with E-state index in [2.05, 4.69) is 41.0 Å². The summed E-state index contributed by atoms with van der Waals surface area (Å²) in [6.45, 7) is 9.76. The van der Waals surface area contributed by atoms with Crippen molar-refractivity contribution in [3.63, 3.8) is 0 Å². The van der Waals surface area contributed by atoms with Crippen LogP contribution in [-0.2, 0) is 11.2 Å². The first-order valence-corrected chi connectivity index (χ1v) is 13.0. The van der Waals surface area contributed by atoms with Gasteiger partial charge in [0.25, 0.3) is 0 Å². The summed E-state index contributed by atoms with van der Waals surface area (Å²) in [7, 11) is 1.68. The van der Waals surface area contributed by atoms with Crippen molar-refractivity contribution >= 4 is 22.6 Å². The number of amides is 1. The molecule has 1 aliphatic carbocycles. The van der Waals surface area contributed by atoms with Crippen molar-refractivity contribution in [3.05, 3.63) is 35.7 Å². The first kappa shape index (κ1) is 22.6. The predicted octanol–water partition coefficient (Wildman–Crippen LogP) is 4.78. The molecule has 3 unspecified atom stereocenters. The van der Waals surface area contributed by atoms with Gasteiger partial charge < -0.3 is 14.5 Å². The first-order valence-electron chi connectivity index (χ1n) is 12.2. The van der Waals surface area contributed by atoms with Gasteiger partial charge in [0.15, 0.2) is 0 Å². The molecule has 3 heterocycles. The van der Waals surface area contributed by atoms with Gasteiger partial charge in [-0.2, -0.15) is 4.37 Å². The molecule has 2 aromatic rings. The van der Waals surface area contributed by atoms with Crippen LogP contribution in [0.15, 0.2) is 24.3 Å². The second-order valence-corrected chi connectivity index (χ2v) is 12.2. The average Bonchev–Trinajstić information content (AvgIpc) is 3.34. The molecule has 6 nitrogen and oxygen atoms in total. The highest BCUT2D eigenvalue weighted by atomic mass is 32.1. The second kappa shape index (κ2) is 8.57. The number of benzene rings is 1. The number of methoxy groups -OCH3 is 1. The second-order valence-electron chi connectivity index (χ2n) is 11.5. The minimum atomic E-state index is 0.0653. The lowest BCUT2D eigenvalue weighted by molar-refractivity contribution is -0.137. The Morgan fingerprint density at radius 2 is 2.12 bits per heavy atom. The fraction of sp³-hybridized carbons (Fsp3) is 0.654. The van der Waals surface area contributed by atoms with Crippen LogP contribution in [-0.4, -0.2) is 53.0 Å². The average molecular weight is 469 g/mol. The maximum atomic E-state index is 13.6. The van der Waals surface area contributed by atoms with Crippen LogP contribution < -0.4 is 9.64 Å². The van der Waals surface area contributed by atoms with Crippen molar-refractivity contribution in [1.82, 2.24) is 14.3 Å². The standard InChI is InChI=1S/C26H36N4O2S/c1-25(2)13-20-14-26(3,16-25)17-30(20)23(31)19-8-6-10-29(15-19)24-27-22(28-33-24)12-18-7-5-9-21(11-18)32-4/h5,7,9,11,19-20H,6,8,10,12-17H2,1-4H3. The fourth-order valence-corrected chi connectivity index (χ4v) is 7.43. The van der Waals surface area contributed by atoms with Crippen LogP contribution >= 0.6 is 11.5 Å². The lowest BCUT2D eigenvalue weighted by atomic mass is 9.65. The molecule has 0 N–H and O–H groups in total. The van der Waals surface area contributed by atoms with Gasteiger partial charge in [-0.05, 0) is 60.6 Å². The van der Waals surface area contributed by atoms with E-state index >= 15 is 0 Å². The van der Waals surface area contributed by atoms with Crippen LogP contribution in [0.1, 0.15) is 64.3 Å². The number of hydrogen-bond donors (Lipinski definition) is 0. The number of fused-ring (bicyclic) bond motifs is 2. The minimum absolute atomic E-state index is 0.0653. The number of rotatable bonds is 5. The highest BCUT2D eigenvalue weighted by molar-refractivity contribution is 7.09. The lowest BCUT2D eigenvalue weighted by Gasteiger charge is -2.40. The van der Waals surface area contributed by atoms with Crippen LogP contribution in [0.5, 0.6) is 5.75 Å². The molecule has 2 bridgehead atoms. The monoisotopic (exact) mass is 468 g/mol. The molecule has 7 heteroatoms.